The Kier molecular flexibility index (Phi) is 5.79. The van der Waals surface area contributed by atoms with E-state index in [4.69, 9.17) is 14.3 Å². The lowest BCUT2D eigenvalue weighted by molar-refractivity contribution is -0.137. The van der Waals surface area contributed by atoms with E-state index < -0.39 is 24.0 Å². The second-order valence-corrected chi connectivity index (χ2v) is 8.51. The van der Waals surface area contributed by atoms with Gasteiger partial charge >= 0.3 is 12.1 Å². The highest BCUT2D eigenvalue weighted by molar-refractivity contribution is 6.00. The first-order valence-electron chi connectivity index (χ1n) is 11.2. The Labute approximate surface area is 196 Å². The lowest BCUT2D eigenvalue weighted by atomic mass is 9.98. The van der Waals surface area contributed by atoms with Crippen LogP contribution in [0.15, 0.2) is 65.3 Å². The van der Waals surface area contributed by atoms with Crippen molar-refractivity contribution < 1.29 is 28.6 Å². The Bertz CT molecular complexity index is 1200. The third-order valence-corrected chi connectivity index (χ3v) is 6.49. The van der Waals surface area contributed by atoms with Gasteiger partial charge in [-0.3, -0.25) is 14.9 Å². The number of hydrogen-bond donors (Lipinski definition) is 2. The minimum Gasteiger partial charge on any atom is -0.481 e. The predicted octanol–water partition coefficient (Wildman–Crippen LogP) is 4.72. The lowest BCUT2D eigenvalue weighted by Gasteiger charge is -2.22. The normalized spacial score (nSPS) is 16.7. The maximum atomic E-state index is 13.0. The number of hydrogen-bond acceptors (Lipinski definition) is 5. The molecule has 0 unspecified atom stereocenters. The number of anilines is 1. The van der Waals surface area contributed by atoms with E-state index in [2.05, 4.69) is 17.4 Å². The lowest BCUT2D eigenvalue weighted by Crippen LogP contribution is -2.37. The molecule has 5 rings (SSSR count). The number of carboxylic acid groups (broad SMARTS) is 1. The van der Waals surface area contributed by atoms with E-state index in [1.807, 2.05) is 36.4 Å². The summed E-state index contributed by atoms with van der Waals surface area (Å²) in [6.07, 6.45) is 1.84. The number of likely N-dealkylation sites (tertiary alicyclic amines) is 1. The summed E-state index contributed by atoms with van der Waals surface area (Å²) in [6.45, 7) is 0.593. The van der Waals surface area contributed by atoms with E-state index in [-0.39, 0.29) is 30.4 Å². The van der Waals surface area contributed by atoms with Crippen LogP contribution < -0.4 is 5.32 Å². The van der Waals surface area contributed by atoms with E-state index in [1.165, 1.54) is 17.2 Å². The van der Waals surface area contributed by atoms with Crippen LogP contribution in [-0.2, 0) is 9.53 Å². The highest BCUT2D eigenvalue weighted by Crippen LogP contribution is 2.44. The third kappa shape index (κ3) is 4.03. The van der Waals surface area contributed by atoms with E-state index in [9.17, 15) is 14.4 Å². The monoisotopic (exact) mass is 460 g/mol. The van der Waals surface area contributed by atoms with Crippen molar-refractivity contribution in [2.45, 2.75) is 31.2 Å². The molecule has 8 heteroatoms. The summed E-state index contributed by atoms with van der Waals surface area (Å²) in [5.41, 5.74) is 4.68. The fraction of sp³-hybridized carbons (Fsp3) is 0.269. The van der Waals surface area contributed by atoms with E-state index in [0.29, 0.717) is 13.0 Å². The Morgan fingerprint density at radius 3 is 2.38 bits per heavy atom. The average molecular weight is 460 g/mol. The maximum Gasteiger partial charge on any atom is 0.411 e. The second kappa shape index (κ2) is 9.05. The average Bonchev–Trinajstić information content (AvgIpc) is 3.55. The van der Waals surface area contributed by atoms with Crippen molar-refractivity contribution in [3.63, 3.8) is 0 Å². The molecule has 1 aromatic heterocycles. The smallest absolute Gasteiger partial charge is 0.411 e. The van der Waals surface area contributed by atoms with Gasteiger partial charge in [0, 0.05) is 24.6 Å². The van der Waals surface area contributed by atoms with Crippen molar-refractivity contribution in [1.29, 1.82) is 0 Å². The molecule has 1 saturated heterocycles. The first kappa shape index (κ1) is 21.8. The highest BCUT2D eigenvalue weighted by Gasteiger charge is 2.34. The molecule has 2 heterocycles. The number of ether oxygens (including phenoxy) is 1. The van der Waals surface area contributed by atoms with Crippen molar-refractivity contribution in [3.8, 4) is 11.1 Å². The van der Waals surface area contributed by atoms with Gasteiger partial charge in [0.05, 0.1) is 18.4 Å². The number of rotatable bonds is 6. The fourth-order valence-electron chi connectivity index (χ4n) is 4.97. The molecule has 0 spiro atoms. The molecular weight excluding hydrogens is 436 g/mol. The van der Waals surface area contributed by atoms with Crippen LogP contribution in [0.3, 0.4) is 0 Å². The number of furan rings is 1. The molecule has 8 nitrogen and oxygen atoms in total. The largest absolute Gasteiger partial charge is 0.481 e. The third-order valence-electron chi connectivity index (χ3n) is 6.49. The van der Waals surface area contributed by atoms with E-state index >= 15 is 0 Å². The molecule has 2 aromatic carbocycles. The molecule has 3 aromatic rings. The van der Waals surface area contributed by atoms with Gasteiger partial charge in [0.15, 0.2) is 0 Å². The molecule has 174 valence electrons. The first-order valence-corrected chi connectivity index (χ1v) is 11.2. The van der Waals surface area contributed by atoms with Gasteiger partial charge in [-0.1, -0.05) is 48.5 Å². The summed E-state index contributed by atoms with van der Waals surface area (Å²) in [5, 5.41) is 11.7. The Morgan fingerprint density at radius 1 is 1.03 bits per heavy atom. The molecule has 1 aliphatic heterocycles. The van der Waals surface area contributed by atoms with E-state index in [1.54, 1.807) is 0 Å². The molecule has 2 amide bonds. The summed E-state index contributed by atoms with van der Waals surface area (Å²) in [6, 6.07) is 17.2. The molecule has 1 atom stereocenters. The summed E-state index contributed by atoms with van der Waals surface area (Å²) < 4.78 is 10.9. The van der Waals surface area contributed by atoms with Gasteiger partial charge < -0.3 is 19.2 Å². The fourth-order valence-corrected chi connectivity index (χ4v) is 4.97. The SMILES string of the molecule is O=C(O)C[C@H]1CCCN1C(=O)c1occc1NC(=O)OCC1c2ccccc2-c2ccccc21. The number of nitrogens with one attached hydrogen (secondary N) is 1. The van der Waals surface area contributed by atoms with Crippen molar-refractivity contribution in [2.24, 2.45) is 0 Å². The number of fused-ring (bicyclic) bond motifs is 3. The predicted molar refractivity (Wildman–Crippen MR) is 124 cm³/mol. The molecule has 0 saturated carbocycles. The quantitative estimate of drug-likeness (QED) is 0.551. The molecule has 2 N–H and O–H groups in total. The Morgan fingerprint density at radius 2 is 1.71 bits per heavy atom. The topological polar surface area (TPSA) is 109 Å². The summed E-state index contributed by atoms with van der Waals surface area (Å²) in [5.74, 6) is -1.51. The number of carbonyl (C=O) groups excluding carboxylic acids is 2. The minimum atomic E-state index is -0.957. The standard InChI is InChI=1S/C26H24N2O6/c29-23(30)14-16-6-5-12-28(16)25(31)24-22(11-13-33-24)27-26(32)34-15-21-19-9-3-1-7-17(19)18-8-2-4-10-20(18)21/h1-4,7-11,13,16,21H,5-6,12,14-15H2,(H,27,32)(H,29,30)/t16-/m1/s1. The molecule has 0 bridgehead atoms. The number of aliphatic carboxylic acids is 1. The molecule has 1 fully saturated rings. The molecule has 34 heavy (non-hydrogen) atoms. The zero-order valence-corrected chi connectivity index (χ0v) is 18.4. The zero-order valence-electron chi connectivity index (χ0n) is 18.4. The Hall–Kier alpha value is -4.07. The van der Waals surface area contributed by atoms with Gasteiger partial charge in [0.25, 0.3) is 5.91 Å². The highest BCUT2D eigenvalue weighted by atomic mass is 16.5. The first-order chi connectivity index (χ1) is 16.5. The summed E-state index contributed by atoms with van der Waals surface area (Å²) >= 11 is 0. The van der Waals surface area contributed by atoms with Crippen LogP contribution in [-0.4, -0.2) is 47.2 Å². The summed E-state index contributed by atoms with van der Waals surface area (Å²) in [4.78, 5) is 38.2. The summed E-state index contributed by atoms with van der Waals surface area (Å²) in [7, 11) is 0. The van der Waals surface area contributed by atoms with Crippen LogP contribution >= 0.6 is 0 Å². The minimum absolute atomic E-state index is 0.0363. The van der Waals surface area contributed by atoms with Gasteiger partial charge in [0.2, 0.25) is 5.76 Å². The van der Waals surface area contributed by atoms with Crippen molar-refractivity contribution >= 4 is 23.7 Å². The van der Waals surface area contributed by atoms with Gasteiger partial charge in [-0.15, -0.1) is 0 Å². The van der Waals surface area contributed by atoms with Crippen LogP contribution in [0, 0.1) is 0 Å². The van der Waals surface area contributed by atoms with Crippen molar-refractivity contribution in [1.82, 2.24) is 4.90 Å². The zero-order chi connectivity index (χ0) is 23.7. The number of carbonyl (C=O) groups is 3. The number of carboxylic acids is 1. The van der Waals surface area contributed by atoms with Crippen LogP contribution in [0.5, 0.6) is 0 Å². The number of benzene rings is 2. The van der Waals surface area contributed by atoms with Crippen LogP contribution in [0.1, 0.15) is 46.9 Å². The molecule has 2 aliphatic rings. The molecule has 1 aliphatic carbocycles. The second-order valence-electron chi connectivity index (χ2n) is 8.51. The van der Waals surface area contributed by atoms with Crippen LogP contribution in [0.25, 0.3) is 11.1 Å². The number of amides is 2. The molecular formula is C26H24N2O6. The van der Waals surface area contributed by atoms with Crippen LogP contribution in [0.4, 0.5) is 10.5 Å². The Balaban J connectivity index is 1.26. The van der Waals surface area contributed by atoms with Gasteiger partial charge in [0.1, 0.15) is 6.61 Å². The van der Waals surface area contributed by atoms with E-state index in [0.717, 1.165) is 28.7 Å². The maximum absolute atomic E-state index is 13.0. The van der Waals surface area contributed by atoms with Gasteiger partial charge in [-0.2, -0.15) is 0 Å². The van der Waals surface area contributed by atoms with Crippen molar-refractivity contribution in [3.05, 3.63) is 77.7 Å². The van der Waals surface area contributed by atoms with Crippen LogP contribution in [0.2, 0.25) is 0 Å². The molecule has 0 radical (unpaired) electrons. The number of nitrogens with zero attached hydrogens (tertiary/aromatic N) is 1. The van der Waals surface area contributed by atoms with Gasteiger partial charge in [-0.25, -0.2) is 4.79 Å². The van der Waals surface area contributed by atoms with Gasteiger partial charge in [-0.05, 0) is 35.1 Å². The van der Waals surface area contributed by atoms with Crippen molar-refractivity contribution in [2.75, 3.05) is 18.5 Å².